The average molecular weight is 239 g/mol. The predicted molar refractivity (Wildman–Crippen MR) is 59.0 cm³/mol. The van der Waals surface area contributed by atoms with E-state index in [-0.39, 0.29) is 12.0 Å². The van der Waals surface area contributed by atoms with Crippen molar-refractivity contribution in [3.05, 3.63) is 23.8 Å². The van der Waals surface area contributed by atoms with Crippen LogP contribution in [0.1, 0.15) is 23.7 Å². The number of phenols is 2. The summed E-state index contributed by atoms with van der Waals surface area (Å²) in [5.41, 5.74) is -0.327. The van der Waals surface area contributed by atoms with E-state index in [1.165, 1.54) is 18.2 Å². The van der Waals surface area contributed by atoms with Gasteiger partial charge in [-0.1, -0.05) is 13.0 Å². The summed E-state index contributed by atoms with van der Waals surface area (Å²) >= 11 is 0. The van der Waals surface area contributed by atoms with Crippen LogP contribution in [0.4, 0.5) is 0 Å². The van der Waals surface area contributed by atoms with Gasteiger partial charge in [0.15, 0.2) is 0 Å². The zero-order valence-corrected chi connectivity index (χ0v) is 9.17. The monoisotopic (exact) mass is 239 g/mol. The van der Waals surface area contributed by atoms with Crippen LogP contribution in [0.2, 0.25) is 0 Å². The first-order valence-electron chi connectivity index (χ1n) is 5.02. The van der Waals surface area contributed by atoms with Crippen LogP contribution in [0.5, 0.6) is 11.5 Å². The second-order valence-electron chi connectivity index (χ2n) is 3.44. The maximum absolute atomic E-state index is 11.7. The Balaban J connectivity index is 2.94. The van der Waals surface area contributed by atoms with Crippen molar-refractivity contribution < 1.29 is 24.9 Å². The third kappa shape index (κ3) is 2.87. The van der Waals surface area contributed by atoms with E-state index in [9.17, 15) is 19.8 Å². The van der Waals surface area contributed by atoms with Gasteiger partial charge in [-0.25, -0.2) is 4.79 Å². The number of carboxylic acids is 1. The van der Waals surface area contributed by atoms with Gasteiger partial charge in [-0.05, 0) is 18.6 Å². The highest BCUT2D eigenvalue weighted by atomic mass is 16.4. The Kier molecular flexibility index (Phi) is 3.92. The highest BCUT2D eigenvalue weighted by Gasteiger charge is 2.22. The number of aliphatic carboxylic acids is 1. The molecule has 6 heteroatoms. The fraction of sp³-hybridized carbons (Fsp3) is 0.273. The summed E-state index contributed by atoms with van der Waals surface area (Å²) in [6.45, 7) is 1.60. The number of nitrogens with one attached hydrogen (secondary N) is 1. The van der Waals surface area contributed by atoms with Crippen molar-refractivity contribution in [2.24, 2.45) is 0 Å². The lowest BCUT2D eigenvalue weighted by Gasteiger charge is -2.13. The van der Waals surface area contributed by atoms with Crippen molar-refractivity contribution in [1.82, 2.24) is 5.32 Å². The zero-order valence-electron chi connectivity index (χ0n) is 9.17. The van der Waals surface area contributed by atoms with Gasteiger partial charge in [-0.2, -0.15) is 0 Å². The van der Waals surface area contributed by atoms with Crippen molar-refractivity contribution >= 4 is 11.9 Å². The molecule has 0 saturated heterocycles. The lowest BCUT2D eigenvalue weighted by atomic mass is 10.1. The van der Waals surface area contributed by atoms with Crippen LogP contribution in [-0.2, 0) is 4.79 Å². The summed E-state index contributed by atoms with van der Waals surface area (Å²) in [6.07, 6.45) is 0.204. The Morgan fingerprint density at radius 2 is 1.82 bits per heavy atom. The molecule has 1 aromatic rings. The van der Waals surface area contributed by atoms with E-state index >= 15 is 0 Å². The molecule has 0 aliphatic rings. The molecule has 17 heavy (non-hydrogen) atoms. The number of rotatable bonds is 4. The molecule has 92 valence electrons. The van der Waals surface area contributed by atoms with Crippen molar-refractivity contribution in [3.63, 3.8) is 0 Å². The van der Waals surface area contributed by atoms with Crippen LogP contribution < -0.4 is 5.32 Å². The smallest absolute Gasteiger partial charge is 0.326 e. The molecular weight excluding hydrogens is 226 g/mol. The summed E-state index contributed by atoms with van der Waals surface area (Å²) in [6, 6.07) is 2.78. The van der Waals surface area contributed by atoms with Crippen LogP contribution >= 0.6 is 0 Å². The number of aromatic hydroxyl groups is 2. The maximum atomic E-state index is 11.7. The van der Waals surface area contributed by atoms with Crippen LogP contribution in [0.3, 0.4) is 0 Å². The third-order valence-corrected chi connectivity index (χ3v) is 2.26. The molecule has 1 amide bonds. The quantitative estimate of drug-likeness (QED) is 0.618. The minimum atomic E-state index is -1.17. The number of carbonyl (C=O) groups is 2. The topological polar surface area (TPSA) is 107 Å². The maximum Gasteiger partial charge on any atom is 0.326 e. The van der Waals surface area contributed by atoms with Gasteiger partial charge in [0.25, 0.3) is 5.91 Å². The van der Waals surface area contributed by atoms with E-state index in [0.29, 0.717) is 0 Å². The Hall–Kier alpha value is -2.24. The predicted octanol–water partition coefficient (Wildman–Crippen LogP) is 0.691. The molecule has 0 saturated carbocycles. The third-order valence-electron chi connectivity index (χ3n) is 2.26. The SMILES string of the molecule is CCC(NC(=O)c1c(O)cccc1O)C(=O)O. The van der Waals surface area contributed by atoms with Gasteiger partial charge in [0.1, 0.15) is 23.1 Å². The molecule has 1 rings (SSSR count). The standard InChI is InChI=1S/C11H13NO5/c1-2-6(11(16)17)12-10(15)9-7(13)4-3-5-8(9)14/h3-6,13-14H,2H2,1H3,(H,12,15)(H,16,17). The van der Waals surface area contributed by atoms with Gasteiger partial charge in [-0.15, -0.1) is 0 Å². The highest BCUT2D eigenvalue weighted by molar-refractivity contribution is 6.01. The van der Waals surface area contributed by atoms with E-state index in [1.54, 1.807) is 6.92 Å². The molecule has 0 aromatic heterocycles. The van der Waals surface area contributed by atoms with E-state index < -0.39 is 29.4 Å². The van der Waals surface area contributed by atoms with Gasteiger partial charge in [-0.3, -0.25) is 4.79 Å². The van der Waals surface area contributed by atoms with Crippen molar-refractivity contribution in [2.75, 3.05) is 0 Å². The van der Waals surface area contributed by atoms with Gasteiger partial charge in [0, 0.05) is 0 Å². The van der Waals surface area contributed by atoms with Crippen molar-refractivity contribution in [3.8, 4) is 11.5 Å². The molecule has 6 nitrogen and oxygen atoms in total. The van der Waals surface area contributed by atoms with Crippen molar-refractivity contribution in [2.45, 2.75) is 19.4 Å². The molecule has 0 spiro atoms. The first kappa shape index (κ1) is 12.8. The largest absolute Gasteiger partial charge is 0.507 e. The first-order valence-corrected chi connectivity index (χ1v) is 5.02. The lowest BCUT2D eigenvalue weighted by molar-refractivity contribution is -0.139. The van der Waals surface area contributed by atoms with Gasteiger partial charge < -0.3 is 20.6 Å². The molecule has 0 heterocycles. The minimum absolute atomic E-state index is 0.204. The van der Waals surface area contributed by atoms with E-state index in [0.717, 1.165) is 0 Å². The summed E-state index contributed by atoms with van der Waals surface area (Å²) in [5.74, 6) is -2.80. The first-order chi connectivity index (χ1) is 7.97. The number of carboxylic acid groups (broad SMARTS) is 1. The molecule has 1 unspecified atom stereocenters. The van der Waals surface area contributed by atoms with Gasteiger partial charge in [0.05, 0.1) is 0 Å². The Labute approximate surface area is 97.5 Å². The summed E-state index contributed by atoms with van der Waals surface area (Å²) in [4.78, 5) is 22.4. The van der Waals surface area contributed by atoms with Crippen LogP contribution in [0.15, 0.2) is 18.2 Å². The van der Waals surface area contributed by atoms with Crippen LogP contribution in [-0.4, -0.2) is 33.2 Å². The van der Waals surface area contributed by atoms with E-state index in [2.05, 4.69) is 5.32 Å². The van der Waals surface area contributed by atoms with Crippen molar-refractivity contribution in [1.29, 1.82) is 0 Å². The summed E-state index contributed by atoms with van der Waals surface area (Å²) in [5, 5.41) is 29.8. The lowest BCUT2D eigenvalue weighted by Crippen LogP contribution is -2.40. The number of hydrogen-bond donors (Lipinski definition) is 4. The Bertz CT molecular complexity index is 423. The number of amides is 1. The second-order valence-corrected chi connectivity index (χ2v) is 3.44. The minimum Gasteiger partial charge on any atom is -0.507 e. The molecular formula is C11H13NO5. The molecule has 0 fully saturated rings. The van der Waals surface area contributed by atoms with E-state index in [1.807, 2.05) is 0 Å². The Morgan fingerprint density at radius 1 is 1.29 bits per heavy atom. The normalized spacial score (nSPS) is 11.8. The average Bonchev–Trinajstić information content (AvgIpc) is 2.25. The number of benzene rings is 1. The van der Waals surface area contributed by atoms with Crippen LogP contribution in [0, 0.1) is 0 Å². The number of hydrogen-bond acceptors (Lipinski definition) is 4. The van der Waals surface area contributed by atoms with Gasteiger partial charge in [0.2, 0.25) is 0 Å². The highest BCUT2D eigenvalue weighted by Crippen LogP contribution is 2.25. The zero-order chi connectivity index (χ0) is 13.0. The molecule has 0 aliphatic heterocycles. The number of carbonyl (C=O) groups excluding carboxylic acids is 1. The Morgan fingerprint density at radius 3 is 2.24 bits per heavy atom. The fourth-order valence-electron chi connectivity index (χ4n) is 1.33. The molecule has 1 aromatic carbocycles. The van der Waals surface area contributed by atoms with E-state index in [4.69, 9.17) is 5.11 Å². The summed E-state index contributed by atoms with van der Waals surface area (Å²) in [7, 11) is 0. The molecule has 0 bridgehead atoms. The fourth-order valence-corrected chi connectivity index (χ4v) is 1.33. The van der Waals surface area contributed by atoms with Gasteiger partial charge >= 0.3 is 5.97 Å². The summed E-state index contributed by atoms with van der Waals surface area (Å²) < 4.78 is 0. The molecule has 4 N–H and O–H groups in total. The molecule has 1 atom stereocenters. The molecule has 0 aliphatic carbocycles. The van der Waals surface area contributed by atoms with Crippen LogP contribution in [0.25, 0.3) is 0 Å². The second kappa shape index (κ2) is 5.20. The number of phenolic OH excluding ortho intramolecular Hbond substituents is 2. The molecule has 0 radical (unpaired) electrons.